The van der Waals surface area contributed by atoms with E-state index in [9.17, 15) is 14.4 Å². The van der Waals surface area contributed by atoms with Gasteiger partial charge < -0.3 is 9.72 Å². The number of hydrogen-bond acceptors (Lipinski definition) is 4. The molecular formula is C19H23N3O4. The fourth-order valence-corrected chi connectivity index (χ4v) is 2.68. The van der Waals surface area contributed by atoms with Crippen molar-refractivity contribution >= 4 is 17.6 Å². The van der Waals surface area contributed by atoms with E-state index >= 15 is 0 Å². The largest absolute Gasteiger partial charge is 0.484 e. The first kappa shape index (κ1) is 19.2. The van der Waals surface area contributed by atoms with Crippen molar-refractivity contribution in [2.75, 3.05) is 6.61 Å². The minimum Gasteiger partial charge on any atom is -0.484 e. The Labute approximate surface area is 152 Å². The van der Waals surface area contributed by atoms with Crippen LogP contribution in [0.1, 0.15) is 50.2 Å². The molecule has 7 nitrogen and oxygen atoms in total. The maximum absolute atomic E-state index is 12.2. The molecule has 0 aliphatic rings. The third kappa shape index (κ3) is 4.30. The fourth-order valence-electron chi connectivity index (χ4n) is 2.68. The number of hydrazine groups is 1. The van der Waals surface area contributed by atoms with E-state index in [0.29, 0.717) is 22.6 Å². The first-order valence-electron chi connectivity index (χ1n) is 8.20. The molecule has 1 heterocycles. The second kappa shape index (κ2) is 7.86. The molecule has 2 aromatic rings. The maximum Gasteiger partial charge on any atom is 0.286 e. The van der Waals surface area contributed by atoms with Gasteiger partial charge in [0.05, 0.1) is 0 Å². The van der Waals surface area contributed by atoms with Crippen LogP contribution in [-0.2, 0) is 4.79 Å². The number of nitrogens with one attached hydrogen (secondary N) is 3. The van der Waals surface area contributed by atoms with Gasteiger partial charge in [-0.1, -0.05) is 6.07 Å². The molecule has 0 aliphatic carbocycles. The Hall–Kier alpha value is -3.09. The summed E-state index contributed by atoms with van der Waals surface area (Å²) in [5, 5.41) is 0. The molecule has 0 bridgehead atoms. The lowest BCUT2D eigenvalue weighted by molar-refractivity contribution is -0.123. The average Bonchev–Trinajstić information content (AvgIpc) is 2.88. The van der Waals surface area contributed by atoms with Crippen LogP contribution in [0.25, 0.3) is 0 Å². The van der Waals surface area contributed by atoms with Gasteiger partial charge in [-0.15, -0.1) is 0 Å². The van der Waals surface area contributed by atoms with Gasteiger partial charge in [0, 0.05) is 11.3 Å². The SMILES string of the molecule is CC(=O)c1c(C)[nH]c(C(=O)NNC(=O)COc2ccc(C)c(C)c2)c1C. The molecule has 0 fully saturated rings. The number of ketones is 1. The van der Waals surface area contributed by atoms with Crippen LogP contribution in [0.3, 0.4) is 0 Å². The van der Waals surface area contributed by atoms with Crippen molar-refractivity contribution in [3.63, 3.8) is 0 Å². The molecule has 138 valence electrons. The molecule has 2 rings (SSSR count). The summed E-state index contributed by atoms with van der Waals surface area (Å²) in [6.45, 7) is 8.55. The minimum atomic E-state index is -0.530. The monoisotopic (exact) mass is 357 g/mol. The molecule has 7 heteroatoms. The normalized spacial score (nSPS) is 10.3. The number of aryl methyl sites for hydroxylation is 3. The molecule has 0 atom stereocenters. The van der Waals surface area contributed by atoms with Crippen molar-refractivity contribution < 1.29 is 19.1 Å². The number of aromatic nitrogens is 1. The summed E-state index contributed by atoms with van der Waals surface area (Å²) in [6, 6.07) is 5.53. The summed E-state index contributed by atoms with van der Waals surface area (Å²) in [6.07, 6.45) is 0. The number of hydrogen-bond donors (Lipinski definition) is 3. The van der Waals surface area contributed by atoms with Crippen LogP contribution in [-0.4, -0.2) is 29.2 Å². The summed E-state index contributed by atoms with van der Waals surface area (Å²) in [5.74, 6) is -0.570. The van der Waals surface area contributed by atoms with Gasteiger partial charge in [0.15, 0.2) is 12.4 Å². The summed E-state index contributed by atoms with van der Waals surface area (Å²) < 4.78 is 5.40. The lowest BCUT2D eigenvalue weighted by Gasteiger charge is -2.10. The van der Waals surface area contributed by atoms with Crippen molar-refractivity contribution in [1.29, 1.82) is 0 Å². The van der Waals surface area contributed by atoms with Gasteiger partial charge in [0.25, 0.3) is 11.8 Å². The van der Waals surface area contributed by atoms with Crippen molar-refractivity contribution in [2.45, 2.75) is 34.6 Å². The number of aromatic amines is 1. The van der Waals surface area contributed by atoms with Crippen molar-refractivity contribution in [1.82, 2.24) is 15.8 Å². The number of ether oxygens (including phenoxy) is 1. The number of carbonyl (C=O) groups is 3. The van der Waals surface area contributed by atoms with Gasteiger partial charge in [-0.25, -0.2) is 0 Å². The van der Waals surface area contributed by atoms with Crippen molar-refractivity contribution in [3.8, 4) is 5.75 Å². The molecular weight excluding hydrogens is 334 g/mol. The first-order chi connectivity index (χ1) is 12.2. The minimum absolute atomic E-state index is 0.124. The lowest BCUT2D eigenvalue weighted by Crippen LogP contribution is -2.44. The Bertz CT molecular complexity index is 868. The zero-order chi connectivity index (χ0) is 19.4. The topological polar surface area (TPSA) is 100 Å². The predicted molar refractivity (Wildman–Crippen MR) is 97.3 cm³/mol. The highest BCUT2D eigenvalue weighted by Gasteiger charge is 2.20. The third-order valence-electron chi connectivity index (χ3n) is 4.18. The Morgan fingerprint density at radius 1 is 1.04 bits per heavy atom. The van der Waals surface area contributed by atoms with Gasteiger partial charge in [0.2, 0.25) is 0 Å². The van der Waals surface area contributed by atoms with Crippen LogP contribution in [0, 0.1) is 27.7 Å². The zero-order valence-corrected chi connectivity index (χ0v) is 15.6. The highest BCUT2D eigenvalue weighted by molar-refractivity contribution is 6.02. The van der Waals surface area contributed by atoms with Gasteiger partial charge in [-0.2, -0.15) is 0 Å². The van der Waals surface area contributed by atoms with E-state index in [0.717, 1.165) is 11.1 Å². The Morgan fingerprint density at radius 3 is 2.31 bits per heavy atom. The number of carbonyl (C=O) groups excluding carboxylic acids is 3. The summed E-state index contributed by atoms with van der Waals surface area (Å²) >= 11 is 0. The predicted octanol–water partition coefficient (Wildman–Crippen LogP) is 2.29. The molecule has 0 radical (unpaired) electrons. The van der Waals surface area contributed by atoms with Crippen LogP contribution in [0.2, 0.25) is 0 Å². The molecule has 0 aliphatic heterocycles. The van der Waals surface area contributed by atoms with E-state index in [1.807, 2.05) is 26.0 Å². The van der Waals surface area contributed by atoms with E-state index in [1.54, 1.807) is 19.9 Å². The van der Waals surface area contributed by atoms with Crippen LogP contribution in [0.4, 0.5) is 0 Å². The van der Waals surface area contributed by atoms with E-state index in [4.69, 9.17) is 4.74 Å². The fraction of sp³-hybridized carbons (Fsp3) is 0.316. The Morgan fingerprint density at radius 2 is 1.73 bits per heavy atom. The summed E-state index contributed by atoms with van der Waals surface area (Å²) in [4.78, 5) is 38.5. The molecule has 0 unspecified atom stereocenters. The van der Waals surface area contributed by atoms with Crippen molar-refractivity contribution in [3.05, 3.63) is 51.8 Å². The van der Waals surface area contributed by atoms with Gasteiger partial charge >= 0.3 is 0 Å². The molecule has 0 saturated heterocycles. The lowest BCUT2D eigenvalue weighted by atomic mass is 10.1. The second-order valence-electron chi connectivity index (χ2n) is 6.22. The zero-order valence-electron chi connectivity index (χ0n) is 15.6. The van der Waals surface area contributed by atoms with Crippen LogP contribution in [0.15, 0.2) is 18.2 Å². The Kier molecular flexibility index (Phi) is 5.82. The number of benzene rings is 1. The van der Waals surface area contributed by atoms with E-state index in [1.165, 1.54) is 6.92 Å². The first-order valence-corrected chi connectivity index (χ1v) is 8.20. The number of H-pyrrole nitrogens is 1. The highest BCUT2D eigenvalue weighted by Crippen LogP contribution is 2.18. The second-order valence-corrected chi connectivity index (χ2v) is 6.22. The molecule has 2 amide bonds. The van der Waals surface area contributed by atoms with Gasteiger partial charge in [-0.3, -0.25) is 25.2 Å². The van der Waals surface area contributed by atoms with Crippen LogP contribution < -0.4 is 15.6 Å². The molecule has 1 aromatic carbocycles. The maximum atomic E-state index is 12.2. The highest BCUT2D eigenvalue weighted by atomic mass is 16.5. The Balaban J connectivity index is 1.91. The molecule has 0 saturated carbocycles. The number of Topliss-reactive ketones (excluding diaryl/α,β-unsaturated/α-hetero) is 1. The van der Waals surface area contributed by atoms with Crippen molar-refractivity contribution in [2.24, 2.45) is 0 Å². The van der Waals surface area contributed by atoms with E-state index < -0.39 is 11.8 Å². The number of rotatable bonds is 5. The summed E-state index contributed by atoms with van der Waals surface area (Å²) in [5.41, 5.74) is 8.70. The third-order valence-corrected chi connectivity index (χ3v) is 4.18. The average molecular weight is 357 g/mol. The van der Waals surface area contributed by atoms with E-state index in [2.05, 4.69) is 15.8 Å². The summed E-state index contributed by atoms with van der Waals surface area (Å²) in [7, 11) is 0. The molecule has 26 heavy (non-hydrogen) atoms. The van der Waals surface area contributed by atoms with Crippen LogP contribution >= 0.6 is 0 Å². The number of amides is 2. The van der Waals surface area contributed by atoms with Gasteiger partial charge in [0.1, 0.15) is 11.4 Å². The smallest absolute Gasteiger partial charge is 0.286 e. The molecule has 3 N–H and O–H groups in total. The van der Waals surface area contributed by atoms with E-state index in [-0.39, 0.29) is 18.1 Å². The molecule has 1 aromatic heterocycles. The van der Waals surface area contributed by atoms with Crippen LogP contribution in [0.5, 0.6) is 5.75 Å². The standard InChI is InChI=1S/C19H23N3O4/c1-10-6-7-15(8-11(10)2)26-9-16(24)21-22-19(25)18-12(3)17(14(5)23)13(4)20-18/h6-8,20H,9H2,1-5H3,(H,21,24)(H,22,25). The quantitative estimate of drug-likeness (QED) is 0.564. The molecule has 0 spiro atoms. The van der Waals surface area contributed by atoms with Gasteiger partial charge in [-0.05, 0) is 63.4 Å².